The molecule has 0 fully saturated rings. The normalized spacial score (nSPS) is 10.7. The first kappa shape index (κ1) is 15.1. The molecule has 1 aromatic heterocycles. The van der Waals surface area contributed by atoms with E-state index in [1.807, 2.05) is 6.92 Å². The van der Waals surface area contributed by atoms with Crippen LogP contribution in [0.3, 0.4) is 0 Å². The zero-order valence-electron chi connectivity index (χ0n) is 12.9. The number of benzene rings is 1. The van der Waals surface area contributed by atoms with Crippen LogP contribution in [0, 0.1) is 30.9 Å². The highest BCUT2D eigenvalue weighted by Gasteiger charge is 2.11. The number of aryl methyl sites for hydroxylation is 2. The quantitative estimate of drug-likeness (QED) is 0.669. The van der Waals surface area contributed by atoms with Crippen molar-refractivity contribution >= 4 is 11.4 Å². The van der Waals surface area contributed by atoms with Crippen LogP contribution in [0.4, 0.5) is 11.4 Å². The predicted octanol–water partition coefficient (Wildman–Crippen LogP) is 3.95. The molecule has 1 aromatic carbocycles. The van der Waals surface area contributed by atoms with Gasteiger partial charge in [0.2, 0.25) is 0 Å². The third kappa shape index (κ3) is 3.07. The van der Waals surface area contributed by atoms with Crippen molar-refractivity contribution in [2.75, 3.05) is 5.32 Å². The molecule has 5 nitrogen and oxygen atoms in total. The Labute approximate surface area is 124 Å². The molecule has 0 amide bonds. The van der Waals surface area contributed by atoms with Crippen molar-refractivity contribution in [3.05, 3.63) is 56.9 Å². The molecule has 0 saturated heterocycles. The Morgan fingerprint density at radius 1 is 1.24 bits per heavy atom. The smallest absolute Gasteiger partial charge is 0.271 e. The van der Waals surface area contributed by atoms with Crippen molar-refractivity contribution in [2.24, 2.45) is 0 Å². The fraction of sp³-hybridized carbons (Fsp3) is 0.375. The summed E-state index contributed by atoms with van der Waals surface area (Å²) in [5, 5.41) is 14.2. The second kappa shape index (κ2) is 5.99. The van der Waals surface area contributed by atoms with E-state index in [0.29, 0.717) is 6.54 Å². The molecule has 0 unspecified atom stereocenters. The van der Waals surface area contributed by atoms with E-state index >= 15 is 0 Å². The van der Waals surface area contributed by atoms with Crippen molar-refractivity contribution in [3.8, 4) is 0 Å². The average molecular weight is 287 g/mol. The van der Waals surface area contributed by atoms with Crippen molar-refractivity contribution < 1.29 is 4.92 Å². The van der Waals surface area contributed by atoms with Crippen LogP contribution in [0.5, 0.6) is 0 Å². The lowest BCUT2D eigenvalue weighted by molar-refractivity contribution is -0.384. The summed E-state index contributed by atoms with van der Waals surface area (Å²) < 4.78 is 2.26. The Morgan fingerprint density at radius 3 is 2.52 bits per heavy atom. The number of non-ortho nitro benzene ring substituents is 1. The number of rotatable bonds is 5. The first-order valence-corrected chi connectivity index (χ1v) is 7.08. The fourth-order valence-electron chi connectivity index (χ4n) is 2.64. The molecule has 0 radical (unpaired) electrons. The Kier molecular flexibility index (Phi) is 4.31. The minimum Gasteiger partial charge on any atom is -0.380 e. The second-order valence-electron chi connectivity index (χ2n) is 5.25. The lowest BCUT2D eigenvalue weighted by Gasteiger charge is -2.10. The molecule has 2 aromatic rings. The van der Waals surface area contributed by atoms with Crippen LogP contribution in [-0.2, 0) is 13.1 Å². The summed E-state index contributed by atoms with van der Waals surface area (Å²) >= 11 is 0. The third-order valence-corrected chi connectivity index (χ3v) is 3.90. The molecular formula is C16H21N3O2. The minimum absolute atomic E-state index is 0.113. The summed E-state index contributed by atoms with van der Waals surface area (Å²) in [6.45, 7) is 9.89. The highest BCUT2D eigenvalue weighted by Crippen LogP contribution is 2.23. The number of hydrogen-bond acceptors (Lipinski definition) is 3. The van der Waals surface area contributed by atoms with Crippen LogP contribution in [0.2, 0.25) is 0 Å². The molecule has 21 heavy (non-hydrogen) atoms. The molecule has 0 saturated carbocycles. The molecule has 5 heteroatoms. The van der Waals surface area contributed by atoms with Crippen LogP contribution in [0.25, 0.3) is 0 Å². The summed E-state index contributed by atoms with van der Waals surface area (Å²) in [6.07, 6.45) is 0. The predicted molar refractivity (Wildman–Crippen MR) is 84.7 cm³/mol. The molecule has 0 aliphatic heterocycles. The van der Waals surface area contributed by atoms with Crippen LogP contribution >= 0.6 is 0 Å². The van der Waals surface area contributed by atoms with Crippen LogP contribution in [0.1, 0.15) is 29.4 Å². The van der Waals surface area contributed by atoms with E-state index in [9.17, 15) is 10.1 Å². The Morgan fingerprint density at radius 2 is 1.95 bits per heavy atom. The monoisotopic (exact) mass is 287 g/mol. The molecular weight excluding hydrogens is 266 g/mol. The first-order chi connectivity index (χ1) is 9.93. The lowest BCUT2D eigenvalue weighted by Crippen LogP contribution is -2.04. The number of nitrogens with zero attached hydrogens (tertiary/aromatic N) is 2. The summed E-state index contributed by atoms with van der Waals surface area (Å²) in [4.78, 5) is 10.5. The molecule has 0 bridgehead atoms. The molecule has 0 spiro atoms. The highest BCUT2D eigenvalue weighted by molar-refractivity contribution is 5.57. The maximum atomic E-state index is 10.9. The third-order valence-electron chi connectivity index (χ3n) is 3.90. The van der Waals surface area contributed by atoms with Crippen molar-refractivity contribution in [2.45, 2.75) is 40.8 Å². The molecule has 0 aliphatic rings. The van der Waals surface area contributed by atoms with Crippen LogP contribution in [-0.4, -0.2) is 9.49 Å². The van der Waals surface area contributed by atoms with Crippen LogP contribution < -0.4 is 5.32 Å². The largest absolute Gasteiger partial charge is 0.380 e. The highest BCUT2D eigenvalue weighted by atomic mass is 16.6. The van der Waals surface area contributed by atoms with Gasteiger partial charge in [0.1, 0.15) is 0 Å². The van der Waals surface area contributed by atoms with Gasteiger partial charge >= 0.3 is 0 Å². The lowest BCUT2D eigenvalue weighted by atomic mass is 10.1. The first-order valence-electron chi connectivity index (χ1n) is 7.08. The van der Waals surface area contributed by atoms with E-state index in [2.05, 4.69) is 36.7 Å². The molecule has 2 rings (SSSR count). The zero-order chi connectivity index (χ0) is 15.6. The number of anilines is 1. The van der Waals surface area contributed by atoms with Gasteiger partial charge < -0.3 is 9.88 Å². The second-order valence-corrected chi connectivity index (χ2v) is 5.25. The van der Waals surface area contributed by atoms with Crippen molar-refractivity contribution in [3.63, 3.8) is 0 Å². The number of nitro groups is 1. The van der Waals surface area contributed by atoms with E-state index in [0.717, 1.165) is 17.8 Å². The van der Waals surface area contributed by atoms with Gasteiger partial charge in [0.15, 0.2) is 0 Å². The Balaban J connectivity index is 2.20. The molecule has 0 atom stereocenters. The van der Waals surface area contributed by atoms with E-state index in [-0.39, 0.29) is 10.6 Å². The summed E-state index contributed by atoms with van der Waals surface area (Å²) in [5.41, 5.74) is 5.63. The summed E-state index contributed by atoms with van der Waals surface area (Å²) in [7, 11) is 0. The topological polar surface area (TPSA) is 60.1 Å². The van der Waals surface area contributed by atoms with Gasteiger partial charge in [-0.2, -0.15) is 0 Å². The van der Waals surface area contributed by atoms with E-state index in [1.165, 1.54) is 23.0 Å². The fourth-order valence-corrected chi connectivity index (χ4v) is 2.64. The average Bonchev–Trinajstić information content (AvgIpc) is 2.71. The van der Waals surface area contributed by atoms with E-state index in [1.54, 1.807) is 12.1 Å². The van der Waals surface area contributed by atoms with Gasteiger partial charge in [-0.3, -0.25) is 10.1 Å². The molecule has 1 heterocycles. The van der Waals surface area contributed by atoms with Crippen LogP contribution in [0.15, 0.2) is 24.3 Å². The minimum atomic E-state index is -0.367. The Bertz CT molecular complexity index is 674. The van der Waals surface area contributed by atoms with Gasteiger partial charge in [-0.25, -0.2) is 0 Å². The van der Waals surface area contributed by atoms with Gasteiger partial charge in [-0.05, 0) is 44.9 Å². The Hall–Kier alpha value is -2.30. The number of nitro benzene ring substituents is 1. The molecule has 0 aliphatic carbocycles. The van der Waals surface area contributed by atoms with Gasteiger partial charge in [-0.15, -0.1) is 0 Å². The summed E-state index contributed by atoms with van der Waals surface area (Å²) in [6, 6.07) is 7.06. The number of hydrogen-bond donors (Lipinski definition) is 1. The number of aromatic nitrogens is 1. The van der Waals surface area contributed by atoms with Gasteiger partial charge in [0.05, 0.1) is 4.92 Å². The van der Waals surface area contributed by atoms with Gasteiger partial charge in [0, 0.05) is 42.3 Å². The van der Waals surface area contributed by atoms with Gasteiger partial charge in [-0.1, -0.05) is 6.07 Å². The SMILES string of the molecule is CCn1c(C)cc(CNc2cc([N+](=O)[O-])ccc2C)c1C. The van der Waals surface area contributed by atoms with Gasteiger partial charge in [0.25, 0.3) is 5.69 Å². The number of nitrogens with one attached hydrogen (secondary N) is 1. The zero-order valence-corrected chi connectivity index (χ0v) is 12.9. The van der Waals surface area contributed by atoms with E-state index in [4.69, 9.17) is 0 Å². The molecule has 112 valence electrons. The maximum Gasteiger partial charge on any atom is 0.271 e. The van der Waals surface area contributed by atoms with Crippen molar-refractivity contribution in [1.82, 2.24) is 4.57 Å². The standard InChI is InChI=1S/C16H21N3O2/c1-5-18-12(3)8-14(13(18)4)10-17-16-9-15(19(20)21)7-6-11(16)2/h6-9,17H,5,10H2,1-4H3. The maximum absolute atomic E-state index is 10.9. The summed E-state index contributed by atoms with van der Waals surface area (Å²) in [5.74, 6) is 0. The van der Waals surface area contributed by atoms with E-state index < -0.39 is 0 Å². The molecule has 1 N–H and O–H groups in total. The van der Waals surface area contributed by atoms with Crippen molar-refractivity contribution in [1.29, 1.82) is 0 Å².